The second-order valence-corrected chi connectivity index (χ2v) is 2.72. The van der Waals surface area contributed by atoms with E-state index in [4.69, 9.17) is 14.2 Å². The lowest BCUT2D eigenvalue weighted by atomic mass is 10.2. The Morgan fingerprint density at radius 1 is 0.933 bits per heavy atom. The van der Waals surface area contributed by atoms with Crippen LogP contribution in [-0.2, 0) is 0 Å². The normalized spacial score (nSPS) is 10.3. The molecular weight excluding hydrogens is 206 g/mol. The van der Waals surface area contributed by atoms with Crippen molar-refractivity contribution < 1.29 is 23.0 Å². The largest absolute Gasteiger partial charge is 0.493 e. The molecule has 0 spiro atoms. The predicted octanol–water partition coefficient (Wildman–Crippen LogP) is 2.65. The van der Waals surface area contributed by atoms with Gasteiger partial charge in [-0.2, -0.15) is 0 Å². The van der Waals surface area contributed by atoms with Gasteiger partial charge in [0.05, 0.1) is 26.9 Å². The summed E-state index contributed by atoms with van der Waals surface area (Å²) in [5, 5.41) is 0. The minimum absolute atomic E-state index is 0.00634. The number of hydrogen-bond donors (Lipinski definition) is 0. The summed E-state index contributed by atoms with van der Waals surface area (Å²) in [5.74, 6) is 0.545. The van der Waals surface area contributed by atoms with Crippen molar-refractivity contribution >= 4 is 0 Å². The molecule has 15 heavy (non-hydrogen) atoms. The van der Waals surface area contributed by atoms with E-state index < -0.39 is 6.43 Å². The molecule has 0 heterocycles. The maximum absolute atomic E-state index is 12.6. The first-order valence-electron chi connectivity index (χ1n) is 4.22. The van der Waals surface area contributed by atoms with E-state index in [1.807, 2.05) is 0 Å². The zero-order valence-electron chi connectivity index (χ0n) is 8.71. The van der Waals surface area contributed by atoms with Gasteiger partial charge in [0.2, 0.25) is 5.75 Å². The van der Waals surface area contributed by atoms with E-state index in [0.717, 1.165) is 0 Å². The van der Waals surface area contributed by atoms with Crippen molar-refractivity contribution in [3.8, 4) is 17.2 Å². The van der Waals surface area contributed by atoms with E-state index in [2.05, 4.69) is 0 Å². The van der Waals surface area contributed by atoms with E-state index in [1.165, 1.54) is 33.5 Å². The number of ether oxygens (including phenoxy) is 3. The maximum atomic E-state index is 12.6. The van der Waals surface area contributed by atoms with Crippen LogP contribution in [0.4, 0.5) is 8.78 Å². The van der Waals surface area contributed by atoms with E-state index in [0.29, 0.717) is 5.75 Å². The Hall–Kier alpha value is -1.52. The van der Waals surface area contributed by atoms with Crippen molar-refractivity contribution in [2.24, 2.45) is 0 Å². The van der Waals surface area contributed by atoms with Crippen molar-refractivity contribution in [1.82, 2.24) is 0 Å². The average Bonchev–Trinajstić information content (AvgIpc) is 2.26. The van der Waals surface area contributed by atoms with Gasteiger partial charge in [-0.25, -0.2) is 8.78 Å². The molecular formula is C10H12F2O3. The summed E-state index contributed by atoms with van der Waals surface area (Å²) < 4.78 is 40.0. The predicted molar refractivity (Wildman–Crippen MR) is 51.1 cm³/mol. The highest BCUT2D eigenvalue weighted by atomic mass is 19.3. The molecule has 0 fully saturated rings. The lowest BCUT2D eigenvalue weighted by Gasteiger charge is -2.14. The van der Waals surface area contributed by atoms with Crippen LogP contribution in [0.25, 0.3) is 0 Å². The van der Waals surface area contributed by atoms with Crippen molar-refractivity contribution in [2.45, 2.75) is 6.43 Å². The van der Waals surface area contributed by atoms with Crippen molar-refractivity contribution in [2.75, 3.05) is 21.3 Å². The number of methoxy groups -OCH3 is 3. The molecule has 5 heteroatoms. The molecule has 0 unspecified atom stereocenters. The molecule has 0 atom stereocenters. The molecule has 0 aromatic heterocycles. The second kappa shape index (κ2) is 4.82. The molecule has 1 aromatic rings. The first-order chi connectivity index (χ1) is 7.15. The number of alkyl halides is 2. The summed E-state index contributed by atoms with van der Waals surface area (Å²) in [4.78, 5) is 0. The zero-order valence-corrected chi connectivity index (χ0v) is 8.71. The lowest BCUT2D eigenvalue weighted by molar-refractivity contribution is 0.146. The minimum Gasteiger partial charge on any atom is -0.493 e. The van der Waals surface area contributed by atoms with Crippen LogP contribution in [0.5, 0.6) is 17.2 Å². The highest BCUT2D eigenvalue weighted by molar-refractivity contribution is 5.56. The molecule has 0 radical (unpaired) electrons. The standard InChI is InChI=1S/C10H12F2O3/c1-13-7-5-4-6(10(11)12)8(14-2)9(7)15-3/h4-5,10H,1-3H3. The van der Waals surface area contributed by atoms with Crippen LogP contribution < -0.4 is 14.2 Å². The van der Waals surface area contributed by atoms with E-state index in [9.17, 15) is 8.78 Å². The number of halogens is 2. The van der Waals surface area contributed by atoms with Gasteiger partial charge in [0, 0.05) is 0 Å². The van der Waals surface area contributed by atoms with Gasteiger partial charge < -0.3 is 14.2 Å². The van der Waals surface area contributed by atoms with E-state index in [-0.39, 0.29) is 17.1 Å². The molecule has 0 bridgehead atoms. The quantitative estimate of drug-likeness (QED) is 0.777. The summed E-state index contributed by atoms with van der Waals surface area (Å²) >= 11 is 0. The third-order valence-corrected chi connectivity index (χ3v) is 1.97. The van der Waals surface area contributed by atoms with E-state index in [1.54, 1.807) is 0 Å². The molecule has 0 aliphatic rings. The number of benzene rings is 1. The molecule has 0 amide bonds. The SMILES string of the molecule is COc1ccc(C(F)F)c(OC)c1OC. The number of hydrogen-bond acceptors (Lipinski definition) is 3. The average molecular weight is 218 g/mol. The Balaban J connectivity index is 3.34. The fraction of sp³-hybridized carbons (Fsp3) is 0.400. The summed E-state index contributed by atoms with van der Waals surface area (Å²) in [5.41, 5.74) is -0.213. The lowest BCUT2D eigenvalue weighted by Crippen LogP contribution is -1.99. The van der Waals surface area contributed by atoms with Gasteiger partial charge in [-0.05, 0) is 12.1 Å². The van der Waals surface area contributed by atoms with Gasteiger partial charge in [0.1, 0.15) is 0 Å². The van der Waals surface area contributed by atoms with Gasteiger partial charge in [-0.3, -0.25) is 0 Å². The monoisotopic (exact) mass is 218 g/mol. The van der Waals surface area contributed by atoms with Crippen LogP contribution >= 0.6 is 0 Å². The van der Waals surface area contributed by atoms with Crippen LogP contribution in [0.2, 0.25) is 0 Å². The fourth-order valence-electron chi connectivity index (χ4n) is 1.30. The minimum atomic E-state index is -2.61. The molecule has 84 valence electrons. The first-order valence-corrected chi connectivity index (χ1v) is 4.22. The maximum Gasteiger partial charge on any atom is 0.267 e. The molecule has 0 N–H and O–H groups in total. The highest BCUT2D eigenvalue weighted by Crippen LogP contribution is 2.43. The Kier molecular flexibility index (Phi) is 3.71. The summed E-state index contributed by atoms with van der Waals surface area (Å²) in [6, 6.07) is 2.67. The molecule has 0 aliphatic heterocycles. The Bertz CT molecular complexity index is 340. The summed E-state index contributed by atoms with van der Waals surface area (Å²) in [6.07, 6.45) is -2.61. The topological polar surface area (TPSA) is 27.7 Å². The van der Waals surface area contributed by atoms with Gasteiger partial charge in [-0.1, -0.05) is 0 Å². The van der Waals surface area contributed by atoms with Crippen LogP contribution in [0, 0.1) is 0 Å². The highest BCUT2D eigenvalue weighted by Gasteiger charge is 2.21. The van der Waals surface area contributed by atoms with Gasteiger partial charge in [0.15, 0.2) is 11.5 Å². The molecule has 1 rings (SSSR count). The fourth-order valence-corrected chi connectivity index (χ4v) is 1.30. The van der Waals surface area contributed by atoms with Crippen molar-refractivity contribution in [3.05, 3.63) is 17.7 Å². The molecule has 0 saturated carbocycles. The Labute approximate surface area is 86.6 Å². The molecule has 0 aliphatic carbocycles. The molecule has 3 nitrogen and oxygen atoms in total. The number of rotatable bonds is 4. The van der Waals surface area contributed by atoms with Gasteiger partial charge in [-0.15, -0.1) is 0 Å². The third kappa shape index (κ3) is 2.11. The van der Waals surface area contributed by atoms with Crippen LogP contribution in [0.1, 0.15) is 12.0 Å². The third-order valence-electron chi connectivity index (χ3n) is 1.97. The van der Waals surface area contributed by atoms with Crippen LogP contribution in [0.15, 0.2) is 12.1 Å². The van der Waals surface area contributed by atoms with Crippen molar-refractivity contribution in [3.63, 3.8) is 0 Å². The smallest absolute Gasteiger partial charge is 0.267 e. The molecule has 1 aromatic carbocycles. The zero-order chi connectivity index (χ0) is 11.4. The summed E-state index contributed by atoms with van der Waals surface area (Å²) in [6.45, 7) is 0. The Morgan fingerprint density at radius 3 is 1.93 bits per heavy atom. The van der Waals surface area contributed by atoms with Crippen LogP contribution in [0.3, 0.4) is 0 Å². The second-order valence-electron chi connectivity index (χ2n) is 2.72. The Morgan fingerprint density at radius 2 is 1.53 bits per heavy atom. The first kappa shape index (κ1) is 11.6. The van der Waals surface area contributed by atoms with Gasteiger partial charge in [0.25, 0.3) is 6.43 Å². The van der Waals surface area contributed by atoms with Crippen LogP contribution in [-0.4, -0.2) is 21.3 Å². The van der Waals surface area contributed by atoms with Crippen molar-refractivity contribution in [1.29, 1.82) is 0 Å². The van der Waals surface area contributed by atoms with Gasteiger partial charge >= 0.3 is 0 Å². The van der Waals surface area contributed by atoms with E-state index >= 15 is 0 Å². The molecule has 0 saturated heterocycles. The summed E-state index contributed by atoms with van der Waals surface area (Å²) in [7, 11) is 4.11.